The van der Waals surface area contributed by atoms with Gasteiger partial charge >= 0.3 is 0 Å². The van der Waals surface area contributed by atoms with E-state index < -0.39 is 9.84 Å². The molecule has 20 heavy (non-hydrogen) atoms. The highest BCUT2D eigenvalue weighted by molar-refractivity contribution is 7.91. The monoisotopic (exact) mass is 285 g/mol. The summed E-state index contributed by atoms with van der Waals surface area (Å²) >= 11 is 0. The first-order chi connectivity index (χ1) is 9.56. The van der Waals surface area contributed by atoms with E-state index in [4.69, 9.17) is 10.5 Å². The van der Waals surface area contributed by atoms with Crippen molar-refractivity contribution < 1.29 is 8.42 Å². The zero-order valence-corrected chi connectivity index (χ0v) is 11.3. The smallest absolute Gasteiger partial charge is 0.180 e. The van der Waals surface area contributed by atoms with Gasteiger partial charge in [0.05, 0.1) is 22.3 Å². The number of aryl methyl sites for hydroxylation is 1. The van der Waals surface area contributed by atoms with E-state index >= 15 is 0 Å². The molecule has 0 saturated heterocycles. The number of nitriles is 2. The van der Waals surface area contributed by atoms with Crippen molar-refractivity contribution in [1.29, 1.82) is 10.5 Å². The fourth-order valence-electron chi connectivity index (χ4n) is 1.81. The van der Waals surface area contributed by atoms with E-state index in [9.17, 15) is 8.42 Å². The highest BCUT2D eigenvalue weighted by Crippen LogP contribution is 2.14. The van der Waals surface area contributed by atoms with Gasteiger partial charge in [0, 0.05) is 12.7 Å². The van der Waals surface area contributed by atoms with Crippen molar-refractivity contribution in [2.75, 3.05) is 5.75 Å². The number of aromatic nitrogens is 1. The molecule has 0 saturated carbocycles. The molecule has 0 N–H and O–H groups in total. The first kappa shape index (κ1) is 13.9. The number of hydrogen-bond acceptors (Lipinski definition) is 4. The molecule has 0 amide bonds. The lowest BCUT2D eigenvalue weighted by Crippen LogP contribution is -2.13. The molecule has 0 fully saturated rings. The fourth-order valence-corrected chi connectivity index (χ4v) is 3.07. The van der Waals surface area contributed by atoms with Gasteiger partial charge in [0.25, 0.3) is 0 Å². The Hall–Kier alpha value is -2.57. The maximum Gasteiger partial charge on any atom is 0.180 e. The number of nitrogens with zero attached hydrogens (tertiary/aromatic N) is 3. The largest absolute Gasteiger partial charge is 0.338 e. The van der Waals surface area contributed by atoms with Gasteiger partial charge in [0.2, 0.25) is 0 Å². The molecule has 0 bridgehead atoms. The van der Waals surface area contributed by atoms with Gasteiger partial charge in [-0.2, -0.15) is 10.5 Å². The van der Waals surface area contributed by atoms with E-state index in [1.807, 2.05) is 12.1 Å². The average molecular weight is 285 g/mol. The molecule has 0 atom stereocenters. The number of rotatable bonds is 4. The minimum Gasteiger partial charge on any atom is -0.338 e. The molecule has 0 aliphatic carbocycles. The van der Waals surface area contributed by atoms with Gasteiger partial charge in [0.15, 0.2) is 9.84 Å². The van der Waals surface area contributed by atoms with Crippen LogP contribution in [0.15, 0.2) is 47.5 Å². The van der Waals surface area contributed by atoms with Gasteiger partial charge in [-0.25, -0.2) is 8.42 Å². The van der Waals surface area contributed by atoms with Crippen LogP contribution in [-0.2, 0) is 16.4 Å². The summed E-state index contributed by atoms with van der Waals surface area (Å²) in [6.45, 7) is 0.203. The van der Waals surface area contributed by atoms with Crippen LogP contribution in [0.25, 0.3) is 0 Å². The third-order valence-electron chi connectivity index (χ3n) is 2.87. The van der Waals surface area contributed by atoms with Crippen LogP contribution in [-0.4, -0.2) is 18.7 Å². The Morgan fingerprint density at radius 2 is 1.90 bits per heavy atom. The Balaban J connectivity index is 2.20. The third kappa shape index (κ3) is 2.87. The molecule has 5 nitrogen and oxygen atoms in total. The first-order valence-corrected chi connectivity index (χ1v) is 7.50. The maximum absolute atomic E-state index is 12.2. The second kappa shape index (κ2) is 5.60. The van der Waals surface area contributed by atoms with E-state index in [1.165, 1.54) is 12.1 Å². The normalized spacial score (nSPS) is 10.7. The fraction of sp³-hybridized carbons (Fsp3) is 0.143. The molecule has 0 radical (unpaired) electrons. The van der Waals surface area contributed by atoms with Gasteiger partial charge in [-0.05, 0) is 30.3 Å². The molecule has 0 aliphatic rings. The third-order valence-corrected chi connectivity index (χ3v) is 4.56. The van der Waals surface area contributed by atoms with Crippen LogP contribution >= 0.6 is 0 Å². The van der Waals surface area contributed by atoms with Gasteiger partial charge < -0.3 is 4.57 Å². The summed E-state index contributed by atoms with van der Waals surface area (Å²) in [5.41, 5.74) is 0.732. The Bertz CT molecular complexity index is 807. The SMILES string of the molecule is N#Cc1cccc(S(=O)(=O)CCn2cccc2C#N)c1. The van der Waals surface area contributed by atoms with Crippen molar-refractivity contribution in [2.45, 2.75) is 11.4 Å². The van der Waals surface area contributed by atoms with Gasteiger partial charge in [-0.15, -0.1) is 0 Å². The van der Waals surface area contributed by atoms with Crippen molar-refractivity contribution in [3.8, 4) is 12.1 Å². The van der Waals surface area contributed by atoms with E-state index in [-0.39, 0.29) is 17.2 Å². The van der Waals surface area contributed by atoms with Crippen molar-refractivity contribution in [1.82, 2.24) is 4.57 Å². The van der Waals surface area contributed by atoms with Crippen molar-refractivity contribution >= 4 is 9.84 Å². The highest BCUT2D eigenvalue weighted by Gasteiger charge is 2.15. The molecule has 0 spiro atoms. The topological polar surface area (TPSA) is 86.7 Å². The number of benzene rings is 1. The Kier molecular flexibility index (Phi) is 3.88. The zero-order valence-electron chi connectivity index (χ0n) is 10.5. The molecular weight excluding hydrogens is 274 g/mol. The van der Waals surface area contributed by atoms with Crippen LogP contribution in [0.5, 0.6) is 0 Å². The standard InChI is InChI=1S/C14H11N3O2S/c15-10-12-3-1-5-14(9-12)20(18,19)8-7-17-6-2-4-13(17)11-16/h1-6,9H,7-8H2. The van der Waals surface area contributed by atoms with Gasteiger partial charge in [-0.3, -0.25) is 0 Å². The molecule has 0 unspecified atom stereocenters. The minimum absolute atomic E-state index is 0.120. The van der Waals surface area contributed by atoms with Gasteiger partial charge in [-0.1, -0.05) is 6.07 Å². The molecule has 1 aromatic carbocycles. The lowest BCUT2D eigenvalue weighted by molar-refractivity contribution is 0.588. The average Bonchev–Trinajstić information content (AvgIpc) is 2.93. The van der Waals surface area contributed by atoms with E-state index in [0.717, 1.165) is 0 Å². The summed E-state index contributed by atoms with van der Waals surface area (Å²) < 4.78 is 26.0. The summed E-state index contributed by atoms with van der Waals surface area (Å²) in [5, 5.41) is 17.7. The quantitative estimate of drug-likeness (QED) is 0.855. The second-order valence-electron chi connectivity index (χ2n) is 4.16. The van der Waals surface area contributed by atoms with Crippen LogP contribution in [0.1, 0.15) is 11.3 Å². The number of hydrogen-bond donors (Lipinski definition) is 0. The lowest BCUT2D eigenvalue weighted by Gasteiger charge is -2.07. The zero-order chi connectivity index (χ0) is 14.6. The van der Waals surface area contributed by atoms with Crippen molar-refractivity contribution in [3.05, 3.63) is 53.9 Å². The Morgan fingerprint density at radius 3 is 2.60 bits per heavy atom. The molecule has 2 rings (SSSR count). The molecule has 1 heterocycles. The lowest BCUT2D eigenvalue weighted by atomic mass is 10.2. The highest BCUT2D eigenvalue weighted by atomic mass is 32.2. The molecule has 2 aromatic rings. The molecule has 1 aromatic heterocycles. The van der Waals surface area contributed by atoms with Crippen LogP contribution in [0, 0.1) is 22.7 Å². The number of sulfone groups is 1. The summed E-state index contributed by atoms with van der Waals surface area (Å²) in [6, 6.07) is 13.2. The summed E-state index contributed by atoms with van der Waals surface area (Å²) in [7, 11) is -3.48. The van der Waals surface area contributed by atoms with E-state index in [0.29, 0.717) is 11.3 Å². The molecule has 6 heteroatoms. The summed E-state index contributed by atoms with van der Waals surface area (Å²) in [4.78, 5) is 0.127. The first-order valence-electron chi connectivity index (χ1n) is 5.85. The van der Waals surface area contributed by atoms with E-state index in [1.54, 1.807) is 35.0 Å². The Morgan fingerprint density at radius 1 is 1.10 bits per heavy atom. The predicted molar refractivity (Wildman–Crippen MR) is 72.4 cm³/mol. The summed E-state index contributed by atoms with van der Waals surface area (Å²) in [5.74, 6) is -0.120. The molecule has 0 aliphatic heterocycles. The molecule has 100 valence electrons. The van der Waals surface area contributed by atoms with Crippen LogP contribution < -0.4 is 0 Å². The van der Waals surface area contributed by atoms with Crippen molar-refractivity contribution in [3.63, 3.8) is 0 Å². The van der Waals surface area contributed by atoms with E-state index in [2.05, 4.69) is 0 Å². The minimum atomic E-state index is -3.48. The second-order valence-corrected chi connectivity index (χ2v) is 6.27. The molecular formula is C14H11N3O2S. The van der Waals surface area contributed by atoms with Crippen LogP contribution in [0.4, 0.5) is 0 Å². The Labute approximate surface area is 117 Å². The predicted octanol–water partition coefficient (Wildman–Crippen LogP) is 1.71. The van der Waals surface area contributed by atoms with Crippen molar-refractivity contribution in [2.24, 2.45) is 0 Å². The van der Waals surface area contributed by atoms with Crippen LogP contribution in [0.2, 0.25) is 0 Å². The van der Waals surface area contributed by atoms with Crippen LogP contribution in [0.3, 0.4) is 0 Å². The maximum atomic E-state index is 12.2. The van der Waals surface area contributed by atoms with Gasteiger partial charge in [0.1, 0.15) is 11.8 Å². The summed E-state index contributed by atoms with van der Waals surface area (Å²) in [6.07, 6.45) is 1.67.